The summed E-state index contributed by atoms with van der Waals surface area (Å²) in [6, 6.07) is 10.4. The molecule has 0 saturated carbocycles. The van der Waals surface area contributed by atoms with E-state index in [2.05, 4.69) is 5.10 Å². The lowest BCUT2D eigenvalue weighted by Gasteiger charge is -2.16. The van der Waals surface area contributed by atoms with Gasteiger partial charge in [0.25, 0.3) is 5.91 Å². The van der Waals surface area contributed by atoms with Gasteiger partial charge in [0.15, 0.2) is 11.5 Å². The average molecular weight is 419 g/mol. The molecule has 0 bridgehead atoms. The fraction of sp³-hybridized carbons (Fsp3) is 0.238. The first-order chi connectivity index (χ1) is 13.3. The zero-order valence-electron chi connectivity index (χ0n) is 16.0. The van der Waals surface area contributed by atoms with Crippen molar-refractivity contribution >= 4 is 46.6 Å². The van der Waals surface area contributed by atoms with E-state index in [1.54, 1.807) is 56.5 Å². The number of ether oxygens (including phenoxy) is 2. The number of benzene rings is 2. The van der Waals surface area contributed by atoms with E-state index in [4.69, 9.17) is 32.7 Å². The smallest absolute Gasteiger partial charge is 0.280 e. The zero-order valence-corrected chi connectivity index (χ0v) is 17.5. The lowest BCUT2D eigenvalue weighted by molar-refractivity contribution is -0.114. The third-order valence-corrected chi connectivity index (χ3v) is 4.58. The fourth-order valence-corrected chi connectivity index (χ4v) is 3.17. The van der Waals surface area contributed by atoms with Crippen molar-refractivity contribution in [2.45, 2.75) is 26.9 Å². The van der Waals surface area contributed by atoms with Gasteiger partial charge in [0.1, 0.15) is 0 Å². The lowest BCUT2D eigenvalue weighted by Crippen LogP contribution is -2.21. The molecular weight excluding hydrogens is 399 g/mol. The van der Waals surface area contributed by atoms with E-state index in [0.717, 1.165) is 0 Å². The molecule has 1 heterocycles. The Kier molecular flexibility index (Phi) is 5.96. The van der Waals surface area contributed by atoms with Gasteiger partial charge in [-0.1, -0.05) is 23.2 Å². The van der Waals surface area contributed by atoms with E-state index in [1.807, 2.05) is 13.8 Å². The SMILES string of the molecule is COc1cc(/C=C2/C(=O)N(c3ccc(Cl)cc3)N=C2C)cc(Cl)c1OC(C)C. The van der Waals surface area contributed by atoms with E-state index in [0.29, 0.717) is 44.1 Å². The highest BCUT2D eigenvalue weighted by molar-refractivity contribution is 6.34. The van der Waals surface area contributed by atoms with Gasteiger partial charge in [0.05, 0.1) is 35.2 Å². The summed E-state index contributed by atoms with van der Waals surface area (Å²) in [6.07, 6.45) is 1.69. The number of carbonyl (C=O) groups is 1. The third-order valence-electron chi connectivity index (χ3n) is 4.05. The summed E-state index contributed by atoms with van der Waals surface area (Å²) in [7, 11) is 1.55. The molecule has 7 heteroatoms. The summed E-state index contributed by atoms with van der Waals surface area (Å²) in [5.74, 6) is 0.757. The monoisotopic (exact) mass is 418 g/mol. The Labute approximate surface area is 174 Å². The second kappa shape index (κ2) is 8.25. The summed E-state index contributed by atoms with van der Waals surface area (Å²) >= 11 is 12.3. The summed E-state index contributed by atoms with van der Waals surface area (Å²) in [5.41, 5.74) is 2.45. The van der Waals surface area contributed by atoms with E-state index in [1.165, 1.54) is 5.01 Å². The molecule has 2 aromatic carbocycles. The first-order valence-electron chi connectivity index (χ1n) is 8.71. The van der Waals surface area contributed by atoms with Crippen LogP contribution in [0.5, 0.6) is 11.5 Å². The number of rotatable bonds is 5. The normalized spacial score (nSPS) is 15.4. The van der Waals surface area contributed by atoms with Gasteiger partial charge in [0.2, 0.25) is 0 Å². The third kappa shape index (κ3) is 4.16. The second-order valence-electron chi connectivity index (χ2n) is 6.54. The summed E-state index contributed by atoms with van der Waals surface area (Å²) in [6.45, 7) is 5.61. The predicted octanol–water partition coefficient (Wildman–Crippen LogP) is 5.60. The zero-order chi connectivity index (χ0) is 20.4. The van der Waals surface area contributed by atoms with Crippen molar-refractivity contribution in [2.24, 2.45) is 5.10 Å². The molecule has 0 spiro atoms. The predicted molar refractivity (Wildman–Crippen MR) is 114 cm³/mol. The molecule has 1 aliphatic rings. The van der Waals surface area contributed by atoms with Crippen LogP contribution < -0.4 is 14.5 Å². The second-order valence-corrected chi connectivity index (χ2v) is 7.38. The van der Waals surface area contributed by atoms with Gasteiger partial charge >= 0.3 is 0 Å². The first kappa shape index (κ1) is 20.2. The Balaban J connectivity index is 1.95. The van der Waals surface area contributed by atoms with Crippen molar-refractivity contribution in [3.05, 3.63) is 57.6 Å². The van der Waals surface area contributed by atoms with Crippen molar-refractivity contribution < 1.29 is 14.3 Å². The number of hydrazone groups is 1. The van der Waals surface area contributed by atoms with Crippen molar-refractivity contribution in [3.63, 3.8) is 0 Å². The quantitative estimate of drug-likeness (QED) is 0.594. The van der Waals surface area contributed by atoms with Crippen LogP contribution in [0.15, 0.2) is 47.1 Å². The maximum atomic E-state index is 12.9. The maximum Gasteiger partial charge on any atom is 0.280 e. The van der Waals surface area contributed by atoms with E-state index in [9.17, 15) is 4.79 Å². The molecule has 28 heavy (non-hydrogen) atoms. The van der Waals surface area contributed by atoms with Crippen molar-refractivity contribution in [1.82, 2.24) is 0 Å². The number of methoxy groups -OCH3 is 1. The molecule has 0 fully saturated rings. The summed E-state index contributed by atoms with van der Waals surface area (Å²) in [4.78, 5) is 12.9. The van der Waals surface area contributed by atoms with Crippen LogP contribution >= 0.6 is 23.2 Å². The topological polar surface area (TPSA) is 51.1 Å². The highest BCUT2D eigenvalue weighted by Crippen LogP contribution is 2.38. The Morgan fingerprint density at radius 1 is 1.14 bits per heavy atom. The molecule has 0 unspecified atom stereocenters. The molecule has 3 rings (SSSR count). The number of nitrogens with zero attached hydrogens (tertiary/aromatic N) is 2. The summed E-state index contributed by atoms with van der Waals surface area (Å²) in [5, 5.41) is 6.73. The number of amides is 1. The maximum absolute atomic E-state index is 12.9. The van der Waals surface area contributed by atoms with Gasteiger partial charge in [-0.05, 0) is 68.8 Å². The highest BCUT2D eigenvalue weighted by atomic mass is 35.5. The van der Waals surface area contributed by atoms with Gasteiger partial charge in [-0.3, -0.25) is 4.79 Å². The van der Waals surface area contributed by atoms with Crippen LogP contribution in [0.4, 0.5) is 5.69 Å². The molecule has 1 aliphatic heterocycles. The van der Waals surface area contributed by atoms with Gasteiger partial charge < -0.3 is 9.47 Å². The number of carbonyl (C=O) groups excluding carboxylic acids is 1. The van der Waals surface area contributed by atoms with E-state index in [-0.39, 0.29) is 12.0 Å². The van der Waals surface area contributed by atoms with Crippen LogP contribution in [-0.4, -0.2) is 24.8 Å². The summed E-state index contributed by atoms with van der Waals surface area (Å²) < 4.78 is 11.1. The minimum absolute atomic E-state index is 0.0469. The molecule has 0 saturated heterocycles. The average Bonchev–Trinajstić information content (AvgIpc) is 2.92. The largest absolute Gasteiger partial charge is 0.493 e. The highest BCUT2D eigenvalue weighted by Gasteiger charge is 2.29. The molecule has 0 radical (unpaired) electrons. The van der Waals surface area contributed by atoms with Gasteiger partial charge in [-0.25, -0.2) is 0 Å². The van der Waals surface area contributed by atoms with Gasteiger partial charge in [0, 0.05) is 5.02 Å². The van der Waals surface area contributed by atoms with E-state index >= 15 is 0 Å². The first-order valence-corrected chi connectivity index (χ1v) is 9.47. The molecule has 0 aromatic heterocycles. The minimum Gasteiger partial charge on any atom is -0.493 e. The van der Waals surface area contributed by atoms with Crippen LogP contribution in [-0.2, 0) is 4.79 Å². The van der Waals surface area contributed by atoms with Gasteiger partial charge in [-0.15, -0.1) is 0 Å². The van der Waals surface area contributed by atoms with Crippen LogP contribution in [0.2, 0.25) is 10.0 Å². The fourth-order valence-electron chi connectivity index (χ4n) is 2.78. The van der Waals surface area contributed by atoms with Crippen molar-refractivity contribution in [2.75, 3.05) is 12.1 Å². The Hall–Kier alpha value is -2.50. The van der Waals surface area contributed by atoms with E-state index < -0.39 is 0 Å². The van der Waals surface area contributed by atoms with Crippen molar-refractivity contribution in [1.29, 1.82) is 0 Å². The number of anilines is 1. The molecule has 0 N–H and O–H groups in total. The molecule has 1 amide bonds. The number of hydrogen-bond donors (Lipinski definition) is 0. The van der Waals surface area contributed by atoms with Gasteiger partial charge in [-0.2, -0.15) is 10.1 Å². The standard InChI is InChI=1S/C21H20Cl2N2O3/c1-12(2)28-20-18(23)10-14(11-19(20)27-4)9-17-13(3)24-25(21(17)26)16-7-5-15(22)6-8-16/h5-12H,1-4H3/b17-9+. The minimum atomic E-state index is -0.225. The number of hydrogen-bond acceptors (Lipinski definition) is 4. The van der Waals surface area contributed by atoms with Crippen LogP contribution in [0.1, 0.15) is 26.3 Å². The van der Waals surface area contributed by atoms with Crippen LogP contribution in [0, 0.1) is 0 Å². The lowest BCUT2D eigenvalue weighted by atomic mass is 10.1. The molecule has 146 valence electrons. The number of halogens is 2. The Morgan fingerprint density at radius 2 is 1.82 bits per heavy atom. The molecule has 0 atom stereocenters. The molecular formula is C21H20Cl2N2O3. The Bertz CT molecular complexity index is 966. The van der Waals surface area contributed by atoms with Crippen LogP contribution in [0.25, 0.3) is 6.08 Å². The van der Waals surface area contributed by atoms with Crippen molar-refractivity contribution in [3.8, 4) is 11.5 Å². The molecule has 2 aromatic rings. The molecule has 0 aliphatic carbocycles. The van der Waals surface area contributed by atoms with Crippen LogP contribution in [0.3, 0.4) is 0 Å². The molecule has 5 nitrogen and oxygen atoms in total. The Morgan fingerprint density at radius 3 is 2.43 bits per heavy atom.